The van der Waals surface area contributed by atoms with Crippen LogP contribution in [-0.4, -0.2) is 22.0 Å². The van der Waals surface area contributed by atoms with Crippen LogP contribution < -0.4 is 11.1 Å². The number of aromatic nitrogens is 3. The molecule has 0 saturated carbocycles. The van der Waals surface area contributed by atoms with Gasteiger partial charge in [0.15, 0.2) is 0 Å². The highest BCUT2D eigenvalue weighted by Gasteiger charge is 2.16. The lowest BCUT2D eigenvalue weighted by Crippen LogP contribution is -2.13. The fraction of sp³-hybridized carbons (Fsp3) is 0.188. The molecule has 0 saturated heterocycles. The van der Waals surface area contributed by atoms with Crippen LogP contribution in [0.25, 0.3) is 16.6 Å². The molecule has 3 N–H and O–H groups in total. The summed E-state index contributed by atoms with van der Waals surface area (Å²) < 4.78 is 0. The quantitative estimate of drug-likeness (QED) is 0.774. The maximum absolute atomic E-state index is 6.39. The zero-order valence-corrected chi connectivity index (χ0v) is 13.3. The van der Waals surface area contributed by atoms with Crippen LogP contribution in [0.1, 0.15) is 22.2 Å². The molecular weight excluding hydrogens is 294 g/mol. The summed E-state index contributed by atoms with van der Waals surface area (Å²) >= 11 is 1.55. The number of pyridine rings is 2. The first-order chi connectivity index (χ1) is 10.7. The molecule has 3 rings (SSSR count). The van der Waals surface area contributed by atoms with E-state index in [2.05, 4.69) is 20.3 Å². The van der Waals surface area contributed by atoms with Crippen molar-refractivity contribution in [2.24, 2.45) is 5.73 Å². The summed E-state index contributed by atoms with van der Waals surface area (Å²) in [5, 5.41) is 3.06. The molecule has 0 fully saturated rings. The number of hydrogen-bond donors (Lipinski definition) is 2. The molecule has 6 heteroatoms. The third-order valence-corrected chi connectivity index (χ3v) is 4.26. The molecule has 0 aliphatic rings. The van der Waals surface area contributed by atoms with Crippen molar-refractivity contribution >= 4 is 27.9 Å². The van der Waals surface area contributed by atoms with Crippen molar-refractivity contribution < 1.29 is 0 Å². The number of rotatable bonds is 4. The Bertz CT molecular complexity index is 811. The maximum Gasteiger partial charge on any atom is 0.0895 e. The van der Waals surface area contributed by atoms with E-state index < -0.39 is 0 Å². The molecule has 0 amide bonds. The summed E-state index contributed by atoms with van der Waals surface area (Å²) in [5.41, 5.74) is 12.8. The van der Waals surface area contributed by atoms with Gasteiger partial charge in [0.05, 0.1) is 22.6 Å². The molecule has 0 spiro atoms. The molecule has 1 unspecified atom stereocenters. The van der Waals surface area contributed by atoms with E-state index in [1.165, 1.54) is 0 Å². The van der Waals surface area contributed by atoms with E-state index in [0.29, 0.717) is 0 Å². The number of fused-ring (bicyclic) bond motifs is 1. The zero-order valence-electron chi connectivity index (χ0n) is 12.4. The highest BCUT2D eigenvalue weighted by molar-refractivity contribution is 7.09. The summed E-state index contributed by atoms with van der Waals surface area (Å²) in [6.45, 7) is 1.97. The van der Waals surface area contributed by atoms with Crippen LogP contribution >= 0.6 is 11.3 Å². The fourth-order valence-electron chi connectivity index (χ4n) is 2.31. The van der Waals surface area contributed by atoms with Crippen molar-refractivity contribution in [1.29, 1.82) is 0 Å². The summed E-state index contributed by atoms with van der Waals surface area (Å²) in [6, 6.07) is 5.72. The Labute approximate surface area is 132 Å². The molecule has 22 heavy (non-hydrogen) atoms. The van der Waals surface area contributed by atoms with Crippen LogP contribution in [0.15, 0.2) is 42.3 Å². The average molecular weight is 311 g/mol. The van der Waals surface area contributed by atoms with Gasteiger partial charge < -0.3 is 11.1 Å². The smallest absolute Gasteiger partial charge is 0.0895 e. The maximum atomic E-state index is 6.39. The third kappa shape index (κ3) is 2.84. The van der Waals surface area contributed by atoms with Crippen molar-refractivity contribution in [1.82, 2.24) is 20.3 Å². The van der Waals surface area contributed by atoms with Gasteiger partial charge in [0.2, 0.25) is 0 Å². The molecule has 3 aromatic rings. The Morgan fingerprint density at radius 1 is 1.32 bits per heavy atom. The SMILES string of the molecule is CN/C=C(/c1cnc2ccc(C)nc2c1)C(N)c1cncs1. The minimum Gasteiger partial charge on any atom is -0.394 e. The first-order valence-corrected chi connectivity index (χ1v) is 7.82. The van der Waals surface area contributed by atoms with E-state index in [1.54, 1.807) is 23.0 Å². The summed E-state index contributed by atoms with van der Waals surface area (Å²) in [7, 11) is 1.86. The largest absolute Gasteiger partial charge is 0.394 e. The lowest BCUT2D eigenvalue weighted by molar-refractivity contribution is 0.935. The highest BCUT2D eigenvalue weighted by atomic mass is 32.1. The zero-order chi connectivity index (χ0) is 15.5. The van der Waals surface area contributed by atoms with Crippen molar-refractivity contribution in [2.75, 3.05) is 7.05 Å². The summed E-state index contributed by atoms with van der Waals surface area (Å²) in [6.07, 6.45) is 5.54. The number of nitrogens with zero attached hydrogens (tertiary/aromatic N) is 3. The van der Waals surface area contributed by atoms with Gasteiger partial charge in [-0.1, -0.05) is 0 Å². The van der Waals surface area contributed by atoms with Crippen molar-refractivity contribution in [3.8, 4) is 0 Å². The van der Waals surface area contributed by atoms with Crippen LogP contribution in [0.3, 0.4) is 0 Å². The van der Waals surface area contributed by atoms with Gasteiger partial charge in [-0.05, 0) is 30.7 Å². The van der Waals surface area contributed by atoms with Gasteiger partial charge >= 0.3 is 0 Å². The highest BCUT2D eigenvalue weighted by Crippen LogP contribution is 2.30. The molecule has 0 radical (unpaired) electrons. The predicted molar refractivity (Wildman–Crippen MR) is 90.4 cm³/mol. The minimum absolute atomic E-state index is 0.246. The number of nitrogens with one attached hydrogen (secondary N) is 1. The predicted octanol–water partition coefficient (Wildman–Crippen LogP) is 2.66. The second-order valence-electron chi connectivity index (χ2n) is 4.98. The second-order valence-corrected chi connectivity index (χ2v) is 5.90. The van der Waals surface area contributed by atoms with E-state index in [9.17, 15) is 0 Å². The number of thiazole rings is 1. The first kappa shape index (κ1) is 14.6. The fourth-order valence-corrected chi connectivity index (χ4v) is 2.95. The molecule has 1 atom stereocenters. The lowest BCUT2D eigenvalue weighted by atomic mass is 10.00. The Hall–Kier alpha value is -2.31. The van der Waals surface area contributed by atoms with Gasteiger partial charge in [-0.25, -0.2) is 0 Å². The van der Waals surface area contributed by atoms with E-state index in [-0.39, 0.29) is 6.04 Å². The molecular formula is C16H17N5S. The molecule has 5 nitrogen and oxygen atoms in total. The van der Waals surface area contributed by atoms with E-state index in [1.807, 2.05) is 44.6 Å². The molecule has 3 aromatic heterocycles. The lowest BCUT2D eigenvalue weighted by Gasteiger charge is -2.15. The van der Waals surface area contributed by atoms with E-state index >= 15 is 0 Å². The van der Waals surface area contributed by atoms with Gasteiger partial charge in [-0.15, -0.1) is 11.3 Å². The van der Waals surface area contributed by atoms with Crippen LogP contribution in [0.4, 0.5) is 0 Å². The van der Waals surface area contributed by atoms with Gasteiger partial charge in [-0.2, -0.15) is 0 Å². The van der Waals surface area contributed by atoms with E-state index in [4.69, 9.17) is 5.73 Å². The summed E-state index contributed by atoms with van der Waals surface area (Å²) in [5.74, 6) is 0. The second kappa shape index (κ2) is 6.21. The first-order valence-electron chi connectivity index (χ1n) is 6.94. The van der Waals surface area contributed by atoms with Crippen LogP contribution in [0.5, 0.6) is 0 Å². The molecule has 0 bridgehead atoms. The molecule has 3 heterocycles. The number of nitrogens with two attached hydrogens (primary N) is 1. The van der Waals surface area contributed by atoms with Crippen molar-refractivity contribution in [2.45, 2.75) is 13.0 Å². The Balaban J connectivity index is 2.07. The Morgan fingerprint density at radius 2 is 2.18 bits per heavy atom. The molecule has 0 aromatic carbocycles. The average Bonchev–Trinajstić information content (AvgIpc) is 3.05. The minimum atomic E-state index is -0.246. The normalized spacial score (nSPS) is 13.3. The number of hydrogen-bond acceptors (Lipinski definition) is 6. The third-order valence-electron chi connectivity index (χ3n) is 3.40. The van der Waals surface area contributed by atoms with E-state index in [0.717, 1.165) is 32.7 Å². The van der Waals surface area contributed by atoms with Crippen LogP contribution in [0, 0.1) is 6.92 Å². The van der Waals surface area contributed by atoms with Crippen LogP contribution in [0.2, 0.25) is 0 Å². The number of aryl methyl sites for hydroxylation is 1. The van der Waals surface area contributed by atoms with Gasteiger partial charge in [0.1, 0.15) is 0 Å². The topological polar surface area (TPSA) is 76.7 Å². The van der Waals surface area contributed by atoms with Crippen molar-refractivity contribution in [3.05, 3.63) is 58.4 Å². The van der Waals surface area contributed by atoms with Crippen molar-refractivity contribution in [3.63, 3.8) is 0 Å². The molecule has 112 valence electrons. The van der Waals surface area contributed by atoms with Gasteiger partial charge in [-0.3, -0.25) is 15.0 Å². The molecule has 0 aliphatic carbocycles. The van der Waals surface area contributed by atoms with Crippen LogP contribution in [-0.2, 0) is 0 Å². The standard InChI is InChI=1S/C16H17N5S/c1-10-3-4-13-14(21-10)5-11(6-20-13)12(7-18-2)16(17)15-8-19-9-22-15/h3-9,16,18H,17H2,1-2H3/b12-7-. The monoisotopic (exact) mass is 311 g/mol. The molecule has 0 aliphatic heterocycles. The van der Waals surface area contributed by atoms with Gasteiger partial charge in [0, 0.05) is 41.8 Å². The Kier molecular flexibility index (Phi) is 4.13. The van der Waals surface area contributed by atoms with Gasteiger partial charge in [0.25, 0.3) is 0 Å². The Morgan fingerprint density at radius 3 is 2.91 bits per heavy atom. The summed E-state index contributed by atoms with van der Waals surface area (Å²) in [4.78, 5) is 14.1.